The van der Waals surface area contributed by atoms with Crippen molar-refractivity contribution < 1.29 is 27.0 Å². The zero-order valence-electron chi connectivity index (χ0n) is 13.4. The molecule has 2 aliphatic carbocycles. The molecule has 2 fully saturated rings. The first kappa shape index (κ1) is 24.9. The molecule has 122 valence electrons. The smallest absolute Gasteiger partial charge is 0.481 e. The van der Waals surface area contributed by atoms with E-state index >= 15 is 0 Å². The summed E-state index contributed by atoms with van der Waals surface area (Å²) in [5.41, 5.74) is 0. The van der Waals surface area contributed by atoms with E-state index in [4.69, 9.17) is 5.11 Å². The van der Waals surface area contributed by atoms with Crippen molar-refractivity contribution in [1.29, 1.82) is 0 Å². The van der Waals surface area contributed by atoms with Crippen LogP contribution >= 0.6 is 0 Å². The molecule has 2 saturated carbocycles. The number of carboxylic acid groups (broad SMARTS) is 1. The predicted molar refractivity (Wildman–Crippen MR) is 82.9 cm³/mol. The van der Waals surface area contributed by atoms with Gasteiger partial charge in [-0.25, -0.2) is 0 Å². The first-order chi connectivity index (χ1) is 8.22. The second kappa shape index (κ2) is 15.3. The fourth-order valence-corrected chi connectivity index (χ4v) is 2.96. The molecule has 0 aromatic carbocycles. The van der Waals surface area contributed by atoms with Gasteiger partial charge in [0.25, 0.3) is 0 Å². The standard InChI is InChI=1S/C7H15N.C7H12O2.2CH3.Fe/c1-8-6-7-4-2-3-5-7;8-7(9)5-6-3-1-2-4-6;;;/h7-8H,2-6H2,1H3;6H,1-5H2,(H,8,9);2*1H3;/q;;2*-1;+2. The Morgan fingerprint density at radius 2 is 1.40 bits per heavy atom. The number of hydrogen-bond acceptors (Lipinski definition) is 2. The number of nitrogens with one attached hydrogen (secondary N) is 1. The van der Waals surface area contributed by atoms with Crippen LogP contribution in [0.3, 0.4) is 0 Å². The van der Waals surface area contributed by atoms with E-state index in [1.807, 2.05) is 7.05 Å². The van der Waals surface area contributed by atoms with Gasteiger partial charge >= 0.3 is 23.0 Å². The van der Waals surface area contributed by atoms with Crippen molar-refractivity contribution in [2.75, 3.05) is 13.6 Å². The van der Waals surface area contributed by atoms with E-state index < -0.39 is 5.97 Å². The van der Waals surface area contributed by atoms with Crippen molar-refractivity contribution in [3.8, 4) is 0 Å². The summed E-state index contributed by atoms with van der Waals surface area (Å²) in [6.07, 6.45) is 11.0. The summed E-state index contributed by atoms with van der Waals surface area (Å²) < 4.78 is 0. The van der Waals surface area contributed by atoms with Crippen LogP contribution in [-0.2, 0) is 21.9 Å². The maximum atomic E-state index is 10.2. The van der Waals surface area contributed by atoms with Crippen LogP contribution in [0.1, 0.15) is 57.8 Å². The molecule has 0 radical (unpaired) electrons. The number of hydrogen-bond donors (Lipinski definition) is 2. The normalized spacial score (nSPS) is 18.1. The molecule has 2 aliphatic rings. The average molecular weight is 327 g/mol. The van der Waals surface area contributed by atoms with Gasteiger partial charge in [-0.15, -0.1) is 0 Å². The number of carbonyl (C=O) groups is 1. The van der Waals surface area contributed by atoms with Crippen LogP contribution in [0.25, 0.3) is 0 Å². The van der Waals surface area contributed by atoms with E-state index in [0.717, 1.165) is 18.8 Å². The van der Waals surface area contributed by atoms with Crippen LogP contribution in [0.2, 0.25) is 0 Å². The van der Waals surface area contributed by atoms with E-state index in [-0.39, 0.29) is 31.9 Å². The van der Waals surface area contributed by atoms with Crippen molar-refractivity contribution in [1.82, 2.24) is 5.32 Å². The third-order valence-corrected chi connectivity index (χ3v) is 3.91. The Bertz CT molecular complexity index is 213. The van der Waals surface area contributed by atoms with Crippen molar-refractivity contribution in [2.45, 2.75) is 57.8 Å². The zero-order valence-corrected chi connectivity index (χ0v) is 14.5. The Morgan fingerprint density at radius 3 is 1.75 bits per heavy atom. The average Bonchev–Trinajstić information content (AvgIpc) is 2.91. The third kappa shape index (κ3) is 11.7. The molecule has 4 heteroatoms. The zero-order chi connectivity index (χ0) is 12.5. The molecule has 0 atom stereocenters. The Kier molecular flexibility index (Phi) is 19.1. The predicted octanol–water partition coefficient (Wildman–Crippen LogP) is 3.95. The van der Waals surface area contributed by atoms with Crippen LogP contribution < -0.4 is 5.32 Å². The molecule has 0 saturated heterocycles. The molecular weight excluding hydrogens is 294 g/mol. The Morgan fingerprint density at radius 1 is 1.00 bits per heavy atom. The molecule has 2 rings (SSSR count). The molecule has 0 aromatic heterocycles. The summed E-state index contributed by atoms with van der Waals surface area (Å²) in [4.78, 5) is 10.2. The minimum Gasteiger partial charge on any atom is -0.481 e. The van der Waals surface area contributed by atoms with E-state index in [9.17, 15) is 4.79 Å². The van der Waals surface area contributed by atoms with Gasteiger partial charge in [0.2, 0.25) is 0 Å². The van der Waals surface area contributed by atoms with Crippen molar-refractivity contribution in [3.63, 3.8) is 0 Å². The van der Waals surface area contributed by atoms with Gasteiger partial charge in [-0.1, -0.05) is 25.7 Å². The fraction of sp³-hybridized carbons (Fsp3) is 0.812. The molecule has 3 nitrogen and oxygen atoms in total. The van der Waals surface area contributed by atoms with Gasteiger partial charge in [0, 0.05) is 6.42 Å². The molecule has 0 amide bonds. The van der Waals surface area contributed by atoms with Crippen molar-refractivity contribution in [2.24, 2.45) is 11.8 Å². The maximum Gasteiger partial charge on any atom is 2.00 e. The first-order valence-corrected chi connectivity index (χ1v) is 7.08. The maximum absolute atomic E-state index is 10.2. The van der Waals surface area contributed by atoms with Gasteiger partial charge in [-0.3, -0.25) is 4.79 Å². The first-order valence-electron chi connectivity index (χ1n) is 7.08. The molecule has 0 spiro atoms. The van der Waals surface area contributed by atoms with Crippen molar-refractivity contribution in [3.05, 3.63) is 14.9 Å². The van der Waals surface area contributed by atoms with Gasteiger partial charge in [0.05, 0.1) is 0 Å². The van der Waals surface area contributed by atoms with Gasteiger partial charge < -0.3 is 25.3 Å². The second-order valence-corrected chi connectivity index (χ2v) is 5.46. The van der Waals surface area contributed by atoms with Crippen LogP contribution in [0.4, 0.5) is 0 Å². The van der Waals surface area contributed by atoms with E-state index in [1.165, 1.54) is 45.1 Å². The SMILES string of the molecule is CNCC1CCCC1.O=C(O)CC1CCCC1.[CH3-].[CH3-].[Fe+2]. The summed E-state index contributed by atoms with van der Waals surface area (Å²) in [6.45, 7) is 1.24. The van der Waals surface area contributed by atoms with E-state index in [2.05, 4.69) is 5.32 Å². The van der Waals surface area contributed by atoms with Gasteiger partial charge in [-0.2, -0.15) is 0 Å². The third-order valence-electron chi connectivity index (χ3n) is 3.91. The molecule has 0 unspecified atom stereocenters. The molecule has 0 bridgehead atoms. The Balaban J connectivity index is -0.000000252. The topological polar surface area (TPSA) is 49.3 Å². The minimum atomic E-state index is -0.637. The molecule has 2 N–H and O–H groups in total. The van der Waals surface area contributed by atoms with Crippen LogP contribution in [0.15, 0.2) is 0 Å². The van der Waals surface area contributed by atoms with Gasteiger partial charge in [-0.05, 0) is 51.1 Å². The quantitative estimate of drug-likeness (QED) is 0.607. The molecule has 0 aliphatic heterocycles. The summed E-state index contributed by atoms with van der Waals surface area (Å²) in [7, 11) is 2.04. The number of carboxylic acids is 1. The van der Waals surface area contributed by atoms with Crippen LogP contribution in [0, 0.1) is 26.7 Å². The Hall–Kier alpha value is -0.0505. The van der Waals surface area contributed by atoms with E-state index in [1.54, 1.807) is 0 Å². The van der Waals surface area contributed by atoms with E-state index in [0.29, 0.717) is 12.3 Å². The Labute approximate surface area is 136 Å². The largest absolute Gasteiger partial charge is 2.00 e. The monoisotopic (exact) mass is 327 g/mol. The van der Waals surface area contributed by atoms with Crippen LogP contribution in [0.5, 0.6) is 0 Å². The molecular formula is C16H33FeNO2. The second-order valence-electron chi connectivity index (χ2n) is 5.46. The van der Waals surface area contributed by atoms with Gasteiger partial charge in [0.15, 0.2) is 0 Å². The number of aliphatic carboxylic acids is 1. The van der Waals surface area contributed by atoms with Crippen molar-refractivity contribution >= 4 is 5.97 Å². The summed E-state index contributed by atoms with van der Waals surface area (Å²) in [5.74, 6) is 0.851. The fourth-order valence-electron chi connectivity index (χ4n) is 2.96. The van der Waals surface area contributed by atoms with Gasteiger partial charge in [0.1, 0.15) is 0 Å². The summed E-state index contributed by atoms with van der Waals surface area (Å²) >= 11 is 0. The molecule has 0 aromatic rings. The molecule has 20 heavy (non-hydrogen) atoms. The minimum absolute atomic E-state index is 0. The summed E-state index contributed by atoms with van der Waals surface area (Å²) in [6, 6.07) is 0. The summed E-state index contributed by atoms with van der Waals surface area (Å²) in [5, 5.41) is 11.6. The molecule has 0 heterocycles. The van der Waals surface area contributed by atoms with Crippen LogP contribution in [-0.4, -0.2) is 24.7 Å². The number of rotatable bonds is 4.